The summed E-state index contributed by atoms with van der Waals surface area (Å²) < 4.78 is 39.7. The van der Waals surface area contributed by atoms with E-state index in [4.69, 9.17) is 9.47 Å². The van der Waals surface area contributed by atoms with Gasteiger partial charge in [-0.2, -0.15) is 4.31 Å². The van der Waals surface area contributed by atoms with Crippen LogP contribution in [0, 0.1) is 0 Å². The van der Waals surface area contributed by atoms with Crippen LogP contribution < -0.4 is 4.90 Å². The molecule has 2 aliphatic heterocycles. The highest BCUT2D eigenvalue weighted by Gasteiger charge is 2.47. The fourth-order valence-corrected chi connectivity index (χ4v) is 6.07. The maximum Gasteiger partial charge on any atom is 0.338 e. The van der Waals surface area contributed by atoms with Crippen molar-refractivity contribution in [1.82, 2.24) is 4.31 Å². The zero-order valence-corrected chi connectivity index (χ0v) is 21.5. The van der Waals surface area contributed by atoms with E-state index < -0.39 is 33.8 Å². The standard InChI is InChI=1S/C24H25BrN2O7S/c1-2-33-24(30)16-5-9-18(10-6-16)27-22(28)14-21(23(27)29)26(15-19-4-3-13-34-19)35(31,32)20-11-7-17(25)8-12-20/h5-12,19,21H,2-4,13-15H2,1H3. The van der Waals surface area contributed by atoms with E-state index in [1.165, 1.54) is 36.4 Å². The van der Waals surface area contributed by atoms with E-state index in [-0.39, 0.29) is 41.8 Å². The van der Waals surface area contributed by atoms with E-state index in [1.807, 2.05) is 0 Å². The molecule has 2 heterocycles. The molecule has 0 aromatic heterocycles. The smallest absolute Gasteiger partial charge is 0.338 e. The van der Waals surface area contributed by atoms with Crippen molar-refractivity contribution in [2.24, 2.45) is 0 Å². The van der Waals surface area contributed by atoms with Crippen LogP contribution in [0.1, 0.15) is 36.5 Å². The summed E-state index contributed by atoms with van der Waals surface area (Å²) in [6.07, 6.45) is 0.815. The van der Waals surface area contributed by atoms with Gasteiger partial charge in [-0.1, -0.05) is 15.9 Å². The van der Waals surface area contributed by atoms with Crippen molar-refractivity contribution in [3.8, 4) is 0 Å². The minimum Gasteiger partial charge on any atom is -0.462 e. The van der Waals surface area contributed by atoms with Crippen molar-refractivity contribution in [2.75, 3.05) is 24.7 Å². The number of benzene rings is 2. The van der Waals surface area contributed by atoms with Gasteiger partial charge in [0.05, 0.1) is 35.3 Å². The Labute approximate surface area is 212 Å². The monoisotopic (exact) mass is 564 g/mol. The average Bonchev–Trinajstić information content (AvgIpc) is 3.45. The Bertz CT molecular complexity index is 1210. The lowest BCUT2D eigenvalue weighted by Crippen LogP contribution is -2.48. The summed E-state index contributed by atoms with van der Waals surface area (Å²) in [5.41, 5.74) is 0.540. The van der Waals surface area contributed by atoms with Gasteiger partial charge in [-0.15, -0.1) is 0 Å². The molecule has 4 rings (SSSR count). The summed E-state index contributed by atoms with van der Waals surface area (Å²) >= 11 is 3.30. The van der Waals surface area contributed by atoms with E-state index in [0.717, 1.165) is 15.6 Å². The highest BCUT2D eigenvalue weighted by atomic mass is 79.9. The molecule has 0 spiro atoms. The number of nitrogens with zero attached hydrogens (tertiary/aromatic N) is 2. The maximum absolute atomic E-state index is 13.6. The molecule has 0 radical (unpaired) electrons. The Morgan fingerprint density at radius 3 is 2.43 bits per heavy atom. The van der Waals surface area contributed by atoms with Crippen molar-refractivity contribution >= 4 is 49.4 Å². The number of anilines is 1. The minimum absolute atomic E-state index is 0.0242. The summed E-state index contributed by atoms with van der Waals surface area (Å²) in [5, 5.41) is 0. The number of sulfonamides is 1. The third-order valence-corrected chi connectivity index (χ3v) is 8.35. The second-order valence-electron chi connectivity index (χ2n) is 8.22. The fraction of sp³-hybridized carbons (Fsp3) is 0.375. The van der Waals surface area contributed by atoms with Gasteiger partial charge < -0.3 is 9.47 Å². The Balaban J connectivity index is 1.64. The first-order valence-electron chi connectivity index (χ1n) is 11.3. The van der Waals surface area contributed by atoms with Crippen LogP contribution in [0.25, 0.3) is 0 Å². The van der Waals surface area contributed by atoms with E-state index in [9.17, 15) is 22.8 Å². The SMILES string of the molecule is CCOC(=O)c1ccc(N2C(=O)CC(N(CC3CCCO3)S(=O)(=O)c3ccc(Br)cc3)C2=O)cc1. The molecule has 2 atom stereocenters. The van der Waals surface area contributed by atoms with E-state index in [1.54, 1.807) is 19.1 Å². The minimum atomic E-state index is -4.10. The third-order valence-electron chi connectivity index (χ3n) is 5.93. The Hall–Kier alpha value is -2.60. The van der Waals surface area contributed by atoms with Crippen molar-refractivity contribution in [3.05, 3.63) is 58.6 Å². The summed E-state index contributed by atoms with van der Waals surface area (Å²) in [4.78, 5) is 39.3. The molecular formula is C24H25BrN2O7S. The van der Waals surface area contributed by atoms with Crippen LogP contribution >= 0.6 is 15.9 Å². The van der Waals surface area contributed by atoms with Crippen LogP contribution in [0.4, 0.5) is 5.69 Å². The average molecular weight is 565 g/mol. The molecule has 2 amide bonds. The van der Waals surface area contributed by atoms with Crippen molar-refractivity contribution in [2.45, 2.75) is 43.2 Å². The molecule has 2 unspecified atom stereocenters. The maximum atomic E-state index is 13.6. The van der Waals surface area contributed by atoms with Gasteiger partial charge in [0.25, 0.3) is 5.91 Å². The van der Waals surface area contributed by atoms with Crippen LogP contribution in [0.15, 0.2) is 57.9 Å². The molecule has 2 aliphatic rings. The van der Waals surface area contributed by atoms with Crippen molar-refractivity contribution < 1.29 is 32.3 Å². The first-order valence-corrected chi connectivity index (χ1v) is 13.5. The third kappa shape index (κ3) is 5.32. The molecule has 35 heavy (non-hydrogen) atoms. The molecule has 0 saturated carbocycles. The predicted octanol–water partition coefficient (Wildman–Crippen LogP) is 3.13. The highest BCUT2D eigenvalue weighted by Crippen LogP contribution is 2.31. The zero-order chi connectivity index (χ0) is 25.2. The number of rotatable bonds is 8. The van der Waals surface area contributed by atoms with E-state index in [0.29, 0.717) is 17.5 Å². The molecule has 2 aromatic carbocycles. The number of halogens is 1. The second kappa shape index (κ2) is 10.6. The largest absolute Gasteiger partial charge is 0.462 e. The predicted molar refractivity (Wildman–Crippen MR) is 130 cm³/mol. The van der Waals surface area contributed by atoms with Gasteiger partial charge >= 0.3 is 5.97 Å². The molecule has 0 aliphatic carbocycles. The molecule has 2 saturated heterocycles. The first-order chi connectivity index (χ1) is 16.7. The van der Waals surface area contributed by atoms with Gasteiger partial charge in [0.15, 0.2) is 0 Å². The second-order valence-corrected chi connectivity index (χ2v) is 11.0. The fourth-order valence-electron chi connectivity index (χ4n) is 4.20. The van der Waals surface area contributed by atoms with E-state index >= 15 is 0 Å². The quantitative estimate of drug-likeness (QED) is 0.357. The number of hydrogen-bond acceptors (Lipinski definition) is 7. The Morgan fingerprint density at radius 2 is 1.83 bits per heavy atom. The van der Waals surface area contributed by atoms with Crippen LogP contribution in [0.3, 0.4) is 0 Å². The molecule has 2 aromatic rings. The molecule has 0 bridgehead atoms. The summed E-state index contributed by atoms with van der Waals surface area (Å²) in [7, 11) is -4.10. The lowest BCUT2D eigenvalue weighted by atomic mass is 10.2. The lowest BCUT2D eigenvalue weighted by molar-refractivity contribution is -0.122. The molecular weight excluding hydrogens is 540 g/mol. The molecule has 2 fully saturated rings. The highest BCUT2D eigenvalue weighted by molar-refractivity contribution is 9.10. The summed E-state index contributed by atoms with van der Waals surface area (Å²) in [5.74, 6) is -1.68. The van der Waals surface area contributed by atoms with Crippen LogP contribution in [0.5, 0.6) is 0 Å². The molecule has 11 heteroatoms. The molecule has 9 nitrogen and oxygen atoms in total. The number of ether oxygens (including phenoxy) is 2. The Kier molecular flexibility index (Phi) is 7.70. The number of imide groups is 1. The number of hydrogen-bond donors (Lipinski definition) is 0. The Morgan fingerprint density at radius 1 is 1.14 bits per heavy atom. The van der Waals surface area contributed by atoms with Gasteiger partial charge in [0.1, 0.15) is 6.04 Å². The lowest BCUT2D eigenvalue weighted by Gasteiger charge is -2.29. The summed E-state index contributed by atoms with van der Waals surface area (Å²) in [6, 6.07) is 10.8. The first kappa shape index (κ1) is 25.5. The van der Waals surface area contributed by atoms with Gasteiger partial charge in [-0.3, -0.25) is 9.59 Å². The molecule has 186 valence electrons. The van der Waals surface area contributed by atoms with Crippen LogP contribution in [-0.4, -0.2) is 62.4 Å². The van der Waals surface area contributed by atoms with Gasteiger partial charge in [0, 0.05) is 17.6 Å². The number of carbonyl (C=O) groups excluding carboxylic acids is 3. The van der Waals surface area contributed by atoms with Gasteiger partial charge in [-0.05, 0) is 68.3 Å². The number of carbonyl (C=O) groups is 3. The number of amides is 2. The zero-order valence-electron chi connectivity index (χ0n) is 19.1. The van der Waals surface area contributed by atoms with Gasteiger partial charge in [-0.25, -0.2) is 18.1 Å². The van der Waals surface area contributed by atoms with Crippen molar-refractivity contribution in [1.29, 1.82) is 0 Å². The number of esters is 1. The normalized spacial score (nSPS) is 20.6. The van der Waals surface area contributed by atoms with Gasteiger partial charge in [0.2, 0.25) is 15.9 Å². The topological polar surface area (TPSA) is 110 Å². The molecule has 0 N–H and O–H groups in total. The van der Waals surface area contributed by atoms with Crippen molar-refractivity contribution in [3.63, 3.8) is 0 Å². The van der Waals surface area contributed by atoms with E-state index in [2.05, 4.69) is 15.9 Å². The summed E-state index contributed by atoms with van der Waals surface area (Å²) in [6.45, 7) is 2.41. The van der Waals surface area contributed by atoms with Crippen LogP contribution in [-0.2, 0) is 29.1 Å². The van der Waals surface area contributed by atoms with Crippen LogP contribution in [0.2, 0.25) is 0 Å².